The van der Waals surface area contributed by atoms with Crippen LogP contribution in [0.15, 0.2) is 0 Å². The molecule has 1 N–H and O–H groups in total. The molecule has 0 atom stereocenters. The normalized spacial score (nSPS) is 11.4. The monoisotopic (exact) mass is 374 g/mol. The van der Waals surface area contributed by atoms with Crippen LogP contribution in [0, 0.1) is 0 Å². The van der Waals surface area contributed by atoms with Crippen LogP contribution in [0.25, 0.3) is 0 Å². The van der Waals surface area contributed by atoms with E-state index in [1.54, 1.807) is 0 Å². The van der Waals surface area contributed by atoms with Crippen molar-refractivity contribution in [3.63, 3.8) is 0 Å². The molecule has 0 aromatic carbocycles. The Hall–Kier alpha value is 1.55. The minimum absolute atomic E-state index is 0. The van der Waals surface area contributed by atoms with Crippen molar-refractivity contribution in [2.24, 2.45) is 0 Å². The molecule has 0 aromatic rings. The second kappa shape index (κ2) is 19.9. The van der Waals surface area contributed by atoms with Gasteiger partial charge in [0.05, 0.1) is 5.75 Å². The Morgan fingerprint density at radius 3 is 1.13 bits per heavy atom. The first-order valence-electron chi connectivity index (χ1n) is 9.51. The first-order chi connectivity index (χ1) is 10.6. The van der Waals surface area contributed by atoms with Gasteiger partial charge in [0.15, 0.2) is 0 Å². The molecule has 0 saturated carbocycles. The zero-order valence-electron chi connectivity index (χ0n) is 16.7. The Kier molecular flexibility index (Phi) is 23.1. The molecule has 136 valence electrons. The molecule has 0 aliphatic rings. The van der Waals surface area contributed by atoms with Crippen LogP contribution < -0.4 is 51.4 Å². The third kappa shape index (κ3) is 25.9. The van der Waals surface area contributed by atoms with Crippen LogP contribution in [-0.4, -0.2) is 18.7 Å². The predicted octanol–water partition coefficient (Wildman–Crippen LogP) is 3.25. The molecule has 3 nitrogen and oxygen atoms in total. The summed E-state index contributed by atoms with van der Waals surface area (Å²) in [5, 5.41) is 0. The van der Waals surface area contributed by atoms with Crippen molar-refractivity contribution in [2.75, 3.05) is 5.75 Å². The maximum atomic E-state index is 10.5. The molecule has 0 spiro atoms. The van der Waals surface area contributed by atoms with Gasteiger partial charge in [-0.1, -0.05) is 103 Å². The summed E-state index contributed by atoms with van der Waals surface area (Å²) in [7, 11) is -3.74. The third-order valence-corrected chi connectivity index (χ3v) is 5.06. The van der Waals surface area contributed by atoms with Crippen LogP contribution in [-0.2, 0) is 10.1 Å². The smallest absolute Gasteiger partial charge is 1.00 e. The first-order valence-corrected chi connectivity index (χ1v) is 11.1. The Balaban J connectivity index is -0.00000220. The summed E-state index contributed by atoms with van der Waals surface area (Å²) in [4.78, 5) is 0. The van der Waals surface area contributed by atoms with Gasteiger partial charge >= 0.3 is 51.4 Å². The largest absolute Gasteiger partial charge is 1.00 e. The predicted molar refractivity (Wildman–Crippen MR) is 97.1 cm³/mol. The second-order valence-electron chi connectivity index (χ2n) is 6.59. The molecule has 23 heavy (non-hydrogen) atoms. The Morgan fingerprint density at radius 1 is 0.609 bits per heavy atom. The van der Waals surface area contributed by atoms with E-state index in [0.717, 1.165) is 12.8 Å². The van der Waals surface area contributed by atoms with Crippen molar-refractivity contribution in [3.8, 4) is 0 Å². The molecule has 0 bridgehead atoms. The molecule has 5 heteroatoms. The van der Waals surface area contributed by atoms with Gasteiger partial charge in [-0.2, -0.15) is 8.42 Å². The summed E-state index contributed by atoms with van der Waals surface area (Å²) in [6.07, 6.45) is 20.3. The van der Waals surface area contributed by atoms with E-state index in [4.69, 9.17) is 4.55 Å². The van der Waals surface area contributed by atoms with Crippen molar-refractivity contribution in [3.05, 3.63) is 0 Å². The van der Waals surface area contributed by atoms with E-state index in [2.05, 4.69) is 6.92 Å². The molecule has 0 rings (SSSR count). The van der Waals surface area contributed by atoms with Gasteiger partial charge in [0.25, 0.3) is 10.1 Å². The maximum absolute atomic E-state index is 10.5. The van der Waals surface area contributed by atoms with Gasteiger partial charge in [0.2, 0.25) is 0 Å². The van der Waals surface area contributed by atoms with E-state index in [0.29, 0.717) is 6.42 Å². The Morgan fingerprint density at radius 2 is 0.870 bits per heavy atom. The van der Waals surface area contributed by atoms with Crippen molar-refractivity contribution >= 4 is 10.1 Å². The summed E-state index contributed by atoms with van der Waals surface area (Å²) >= 11 is 0. The standard InChI is InChI=1S/C18H38O3S.K.H/c1-2-3-4-5-6-7-8-9-10-11-12-13-14-15-16-17-18-22(19,20)21;;/h2-18H2,1H3,(H,19,20,21);;/q;+1;-1. The van der Waals surface area contributed by atoms with Crippen LogP contribution in [0.5, 0.6) is 0 Å². The number of rotatable bonds is 17. The molecule has 0 unspecified atom stereocenters. The molecular formula is C18H39KO3S. The van der Waals surface area contributed by atoms with Crippen LogP contribution in [0.4, 0.5) is 0 Å². The van der Waals surface area contributed by atoms with Gasteiger partial charge in [-0.3, -0.25) is 4.55 Å². The minimum atomic E-state index is -3.74. The van der Waals surface area contributed by atoms with Crippen LogP contribution in [0.2, 0.25) is 0 Å². The molecule has 0 fully saturated rings. The van der Waals surface area contributed by atoms with Gasteiger partial charge in [-0.15, -0.1) is 0 Å². The summed E-state index contributed by atoms with van der Waals surface area (Å²) in [6, 6.07) is 0. The van der Waals surface area contributed by atoms with E-state index in [9.17, 15) is 8.42 Å². The van der Waals surface area contributed by atoms with E-state index in [1.165, 1.54) is 83.5 Å². The quantitative estimate of drug-likeness (QED) is 0.241. The van der Waals surface area contributed by atoms with Crippen LogP contribution >= 0.6 is 0 Å². The molecule has 0 heterocycles. The van der Waals surface area contributed by atoms with Crippen LogP contribution in [0.1, 0.15) is 111 Å². The Bertz CT molecular complexity index is 324. The van der Waals surface area contributed by atoms with Gasteiger partial charge in [0, 0.05) is 0 Å². The zero-order chi connectivity index (χ0) is 16.5. The van der Waals surface area contributed by atoms with E-state index in [1.807, 2.05) is 0 Å². The minimum Gasteiger partial charge on any atom is -1.00 e. The maximum Gasteiger partial charge on any atom is 1.00 e. The van der Waals surface area contributed by atoms with Gasteiger partial charge < -0.3 is 1.43 Å². The molecule has 0 aromatic heterocycles. The first kappa shape index (κ1) is 26.8. The average Bonchev–Trinajstić information content (AvgIpc) is 2.45. The molecule has 0 amide bonds. The van der Waals surface area contributed by atoms with Crippen molar-refractivity contribution in [1.82, 2.24) is 0 Å². The van der Waals surface area contributed by atoms with Crippen molar-refractivity contribution in [2.45, 2.75) is 110 Å². The van der Waals surface area contributed by atoms with Gasteiger partial charge in [-0.05, 0) is 6.42 Å². The number of hydrogen-bond donors (Lipinski definition) is 1. The molecule has 0 radical (unpaired) electrons. The van der Waals surface area contributed by atoms with Crippen molar-refractivity contribution in [1.29, 1.82) is 0 Å². The third-order valence-electron chi connectivity index (χ3n) is 4.26. The summed E-state index contributed by atoms with van der Waals surface area (Å²) < 4.78 is 29.7. The topological polar surface area (TPSA) is 54.4 Å². The summed E-state index contributed by atoms with van der Waals surface area (Å²) in [5.41, 5.74) is 0. The Labute approximate surface area is 189 Å². The fourth-order valence-corrected chi connectivity index (χ4v) is 3.40. The summed E-state index contributed by atoms with van der Waals surface area (Å²) in [6.45, 7) is 2.26. The van der Waals surface area contributed by atoms with Gasteiger partial charge in [-0.25, -0.2) is 0 Å². The molecule has 0 aliphatic heterocycles. The zero-order valence-corrected chi connectivity index (χ0v) is 19.6. The number of hydrogen-bond acceptors (Lipinski definition) is 2. The fourth-order valence-electron chi connectivity index (χ4n) is 2.83. The average molecular weight is 375 g/mol. The molecular weight excluding hydrogens is 335 g/mol. The number of unbranched alkanes of at least 4 members (excludes halogenated alkanes) is 15. The van der Waals surface area contributed by atoms with Gasteiger partial charge in [0.1, 0.15) is 0 Å². The van der Waals surface area contributed by atoms with E-state index in [-0.39, 0.29) is 58.6 Å². The summed E-state index contributed by atoms with van der Waals surface area (Å²) in [5.74, 6) is -0.0779. The molecule has 0 aliphatic carbocycles. The van der Waals surface area contributed by atoms with Crippen molar-refractivity contribution < 1.29 is 65.8 Å². The van der Waals surface area contributed by atoms with E-state index < -0.39 is 10.1 Å². The molecule has 0 saturated heterocycles. The van der Waals surface area contributed by atoms with E-state index >= 15 is 0 Å². The van der Waals surface area contributed by atoms with Crippen LogP contribution in [0.3, 0.4) is 0 Å². The fraction of sp³-hybridized carbons (Fsp3) is 1.00. The second-order valence-corrected chi connectivity index (χ2v) is 8.16. The SMILES string of the molecule is CCCCCCCCCCCCCCCCCCS(=O)(=O)O.[H-].[K+].